The Morgan fingerprint density at radius 1 is 0.556 bits per heavy atom. The number of hydrogen-bond acceptors (Lipinski definition) is 0. The zero-order chi connectivity index (χ0) is 27.0. The Balaban J connectivity index is 2.65. The molecule has 36 heavy (non-hydrogen) atoms. The molecule has 1 heteroatoms. The number of rotatable bonds is 7. The molecule has 0 fully saturated rings. The average Bonchev–Trinajstić information content (AvgIpc) is 2.86. The lowest BCUT2D eigenvalue weighted by Gasteiger charge is -2.38. The summed E-state index contributed by atoms with van der Waals surface area (Å²) in [5, 5.41) is 0. The number of aryl methyl sites for hydroxylation is 4. The van der Waals surface area contributed by atoms with Crippen LogP contribution in [-0.4, -0.2) is 8.07 Å². The molecule has 0 aliphatic heterocycles. The quantitative estimate of drug-likeness (QED) is 0.266. The van der Waals surface area contributed by atoms with E-state index in [1.807, 2.05) is 0 Å². The Morgan fingerprint density at radius 3 is 1.17 bits per heavy atom. The maximum absolute atomic E-state index is 5.76. The van der Waals surface area contributed by atoms with E-state index in [0.717, 1.165) is 42.4 Å². The van der Waals surface area contributed by atoms with Gasteiger partial charge in [-0.1, -0.05) is 92.9 Å². The van der Waals surface area contributed by atoms with Crippen LogP contribution in [-0.2, 0) is 25.7 Å². The Morgan fingerprint density at radius 2 is 0.861 bits per heavy atom. The van der Waals surface area contributed by atoms with Crippen LogP contribution in [0.3, 0.4) is 0 Å². The minimum absolute atomic E-state index is 0.632. The van der Waals surface area contributed by atoms with Crippen molar-refractivity contribution in [2.45, 2.75) is 112 Å². The molecule has 0 nitrogen and oxygen atoms in total. The van der Waals surface area contributed by atoms with Crippen LogP contribution in [0, 0.1) is 35.6 Å². The molecule has 0 aliphatic rings. The molecule has 0 spiro atoms. The molecule has 2 aromatic carbocycles. The van der Waals surface area contributed by atoms with Crippen molar-refractivity contribution in [3.63, 3.8) is 0 Å². The second-order valence-corrected chi connectivity index (χ2v) is 16.4. The fourth-order valence-corrected chi connectivity index (χ4v) is 11.0. The van der Waals surface area contributed by atoms with Crippen LogP contribution in [0.5, 0.6) is 0 Å². The normalized spacial score (nSPS) is 11.2. The molecule has 190 valence electrons. The third-order valence-corrected chi connectivity index (χ3v) is 14.2. The van der Waals surface area contributed by atoms with Gasteiger partial charge in [-0.2, -0.15) is 0 Å². The van der Waals surface area contributed by atoms with Gasteiger partial charge in [0.25, 0.3) is 0 Å². The van der Waals surface area contributed by atoms with Crippen LogP contribution in [0.15, 0.2) is 24.3 Å². The molecule has 0 saturated heterocycles. The Hall–Kier alpha value is -2.66. The van der Waals surface area contributed by atoms with Gasteiger partial charge in [0.1, 0.15) is 8.07 Å². The van der Waals surface area contributed by atoms with Crippen molar-refractivity contribution in [2.75, 3.05) is 0 Å². The van der Waals surface area contributed by atoms with E-state index in [1.165, 1.54) is 27.8 Å². The highest BCUT2D eigenvalue weighted by molar-refractivity contribution is 6.90. The van der Waals surface area contributed by atoms with Gasteiger partial charge in [0.15, 0.2) is 0 Å². The third kappa shape index (κ3) is 6.18. The molecular weight excluding hydrogens is 448 g/mol. The lowest BCUT2D eigenvalue weighted by Crippen LogP contribution is -2.43. The van der Waals surface area contributed by atoms with Crippen molar-refractivity contribution >= 4 is 8.07 Å². The van der Waals surface area contributed by atoms with Gasteiger partial charge in [-0.15, -0.1) is 12.0 Å². The summed E-state index contributed by atoms with van der Waals surface area (Å²) in [6.07, 6.45) is 9.50. The summed E-state index contributed by atoms with van der Waals surface area (Å²) in [7, 11) is -1.78. The van der Waals surface area contributed by atoms with E-state index in [1.54, 1.807) is 0 Å². The fourth-order valence-electron chi connectivity index (χ4n) is 5.78. The molecule has 0 radical (unpaired) electrons. The van der Waals surface area contributed by atoms with Crippen molar-refractivity contribution in [3.05, 3.63) is 68.8 Å². The predicted octanol–water partition coefficient (Wildman–Crippen LogP) is 8.89. The van der Waals surface area contributed by atoms with E-state index in [9.17, 15) is 0 Å². The highest BCUT2D eigenvalue weighted by atomic mass is 28.3. The summed E-state index contributed by atoms with van der Waals surface area (Å²) in [6.45, 7) is 23.0. The smallest absolute Gasteiger partial charge is 0.125 e. The van der Waals surface area contributed by atoms with Crippen molar-refractivity contribution in [2.24, 2.45) is 0 Å². The molecule has 0 aromatic heterocycles. The second-order valence-electron chi connectivity index (χ2n) is 10.8. The Bertz CT molecular complexity index is 1200. The maximum Gasteiger partial charge on any atom is 0.146 e. The van der Waals surface area contributed by atoms with Gasteiger partial charge in [0.2, 0.25) is 0 Å². The summed E-state index contributed by atoms with van der Waals surface area (Å²) in [6, 6.07) is 8.95. The first-order valence-electron chi connectivity index (χ1n) is 13.9. The van der Waals surface area contributed by atoms with Gasteiger partial charge in [0, 0.05) is 22.3 Å². The molecule has 0 N–H and O–H groups in total. The van der Waals surface area contributed by atoms with Crippen LogP contribution in [0.2, 0.25) is 16.6 Å². The molecule has 0 heterocycles. The van der Waals surface area contributed by atoms with Gasteiger partial charge >= 0.3 is 0 Å². The first kappa shape index (κ1) is 29.6. The highest BCUT2D eigenvalue weighted by Crippen LogP contribution is 2.40. The molecule has 0 bridgehead atoms. The average molecular weight is 495 g/mol. The van der Waals surface area contributed by atoms with Crippen molar-refractivity contribution < 1.29 is 0 Å². The zero-order valence-corrected chi connectivity index (χ0v) is 25.4. The molecule has 0 saturated carbocycles. The van der Waals surface area contributed by atoms with Crippen LogP contribution in [0.4, 0.5) is 0 Å². The van der Waals surface area contributed by atoms with Crippen molar-refractivity contribution in [1.82, 2.24) is 0 Å². The molecule has 0 amide bonds. The summed E-state index contributed by atoms with van der Waals surface area (Å²) < 4.78 is 0. The molecular formula is C35H46Si. The molecule has 0 unspecified atom stereocenters. The van der Waals surface area contributed by atoms with Gasteiger partial charge in [-0.25, -0.2) is 0 Å². The van der Waals surface area contributed by atoms with E-state index < -0.39 is 8.07 Å². The van der Waals surface area contributed by atoms with Gasteiger partial charge in [0.05, 0.1) is 0 Å². The van der Waals surface area contributed by atoms with Crippen LogP contribution in [0.25, 0.3) is 0 Å². The summed E-state index contributed by atoms with van der Waals surface area (Å²) in [5.41, 5.74) is 15.2. The zero-order valence-electron chi connectivity index (χ0n) is 24.4. The predicted molar refractivity (Wildman–Crippen MR) is 162 cm³/mol. The van der Waals surface area contributed by atoms with Crippen LogP contribution >= 0.6 is 0 Å². The monoisotopic (exact) mass is 494 g/mol. The van der Waals surface area contributed by atoms with Gasteiger partial charge in [-0.3, -0.25) is 0 Å². The molecule has 2 aromatic rings. The minimum atomic E-state index is -1.78. The summed E-state index contributed by atoms with van der Waals surface area (Å²) >= 11 is 0. The largest absolute Gasteiger partial charge is 0.146 e. The van der Waals surface area contributed by atoms with E-state index >= 15 is 0 Å². The molecule has 2 rings (SSSR count). The van der Waals surface area contributed by atoms with Gasteiger partial charge in [-0.05, 0) is 88.8 Å². The summed E-state index contributed by atoms with van der Waals surface area (Å²) in [5.74, 6) is 13.6. The number of hydrogen-bond donors (Lipinski definition) is 0. The standard InChI is InChI=1S/C35H46Si/c1-12-28-21-30(14-3)33(22-29(28)13-2)17-18-34-23-32(16-5)35(24-31(34)15-4)19-20-36(25(6)7,26(8)9)27(10)11/h1,21-27H,13-16H2,2-11H3. The highest BCUT2D eigenvalue weighted by Gasteiger charge is 2.41. The Labute approximate surface area is 223 Å². The first-order valence-corrected chi connectivity index (χ1v) is 16.2. The first-order chi connectivity index (χ1) is 17.1. The fraction of sp³-hybridized carbons (Fsp3) is 0.486. The van der Waals surface area contributed by atoms with Crippen molar-refractivity contribution in [3.8, 4) is 35.6 Å². The van der Waals surface area contributed by atoms with Crippen LogP contribution < -0.4 is 0 Å². The second kappa shape index (κ2) is 13.0. The summed E-state index contributed by atoms with van der Waals surface area (Å²) in [4.78, 5) is 0. The molecule has 0 aliphatic carbocycles. The Kier molecular flexibility index (Phi) is 10.7. The van der Waals surface area contributed by atoms with E-state index in [2.05, 4.69) is 123 Å². The third-order valence-electron chi connectivity index (χ3n) is 7.95. The number of terminal acetylenes is 1. The maximum atomic E-state index is 5.76. The molecule has 0 atom stereocenters. The van der Waals surface area contributed by atoms with E-state index in [0.29, 0.717) is 16.6 Å². The SMILES string of the molecule is C#Cc1cc(CC)c(C#Cc2cc(CC)c(C#C[Si](C(C)C)(C(C)C)C(C)C)cc2CC)cc1CC. The van der Waals surface area contributed by atoms with E-state index in [4.69, 9.17) is 6.42 Å². The van der Waals surface area contributed by atoms with Gasteiger partial charge < -0.3 is 0 Å². The van der Waals surface area contributed by atoms with E-state index in [-0.39, 0.29) is 0 Å². The number of benzene rings is 2. The lowest BCUT2D eigenvalue weighted by molar-refractivity contribution is 0.838. The minimum Gasteiger partial charge on any atom is -0.125 e. The van der Waals surface area contributed by atoms with Crippen molar-refractivity contribution in [1.29, 1.82) is 0 Å². The topological polar surface area (TPSA) is 0 Å². The lowest BCUT2D eigenvalue weighted by atomic mass is 9.94. The van der Waals surface area contributed by atoms with Crippen LogP contribution in [0.1, 0.15) is 114 Å².